The Kier molecular flexibility index (Phi) is 5.39. The maximum Gasteiger partial charge on any atom is 0.340 e. The van der Waals surface area contributed by atoms with Crippen LogP contribution in [0.3, 0.4) is 0 Å². The number of aromatic nitrogens is 3. The minimum atomic E-state index is -0.753. The molecule has 1 atom stereocenters. The van der Waals surface area contributed by atoms with Crippen LogP contribution in [0, 0.1) is 0 Å². The van der Waals surface area contributed by atoms with Crippen LogP contribution in [0.15, 0.2) is 40.9 Å². The summed E-state index contributed by atoms with van der Waals surface area (Å²) in [7, 11) is 1.58. The summed E-state index contributed by atoms with van der Waals surface area (Å²) in [6.07, 6.45) is 0.524. The highest BCUT2D eigenvalue weighted by Crippen LogP contribution is 2.25. The summed E-state index contributed by atoms with van der Waals surface area (Å²) in [5.74, 6) is 0.553. The van der Waals surface area contributed by atoms with Gasteiger partial charge in [-0.15, -0.1) is 10.2 Å². The van der Waals surface area contributed by atoms with Crippen LogP contribution in [0.2, 0.25) is 10.2 Å². The van der Waals surface area contributed by atoms with E-state index in [-0.39, 0.29) is 21.6 Å². The Hall–Kier alpha value is -2.64. The fourth-order valence-electron chi connectivity index (χ4n) is 2.06. The van der Waals surface area contributed by atoms with Gasteiger partial charge in [-0.25, -0.2) is 9.78 Å². The lowest BCUT2D eigenvalue weighted by Crippen LogP contribution is -2.10. The second-order valence-electron chi connectivity index (χ2n) is 5.22. The number of hydrogen-bond donors (Lipinski definition) is 0. The number of carbonyl (C=O) groups excluding carboxylic acids is 1. The lowest BCUT2D eigenvalue weighted by Gasteiger charge is -2.09. The molecule has 1 aromatic carbocycles. The molecule has 0 unspecified atom stereocenters. The van der Waals surface area contributed by atoms with Gasteiger partial charge in [-0.2, -0.15) is 0 Å². The summed E-state index contributed by atoms with van der Waals surface area (Å²) in [6, 6.07) is 8.50. The lowest BCUT2D eigenvalue weighted by atomic mass is 10.2. The molecular weight excluding hydrogens is 381 g/mol. The van der Waals surface area contributed by atoms with E-state index >= 15 is 0 Å². The van der Waals surface area contributed by atoms with E-state index in [2.05, 4.69) is 15.2 Å². The molecule has 0 amide bonds. The van der Waals surface area contributed by atoms with Gasteiger partial charge in [0.25, 0.3) is 5.89 Å². The maximum absolute atomic E-state index is 12.2. The van der Waals surface area contributed by atoms with Gasteiger partial charge in [-0.1, -0.05) is 23.2 Å². The molecule has 7 nitrogen and oxygen atoms in total. The number of nitrogens with zero attached hydrogens (tertiary/aromatic N) is 3. The van der Waals surface area contributed by atoms with Crippen molar-refractivity contribution in [2.75, 3.05) is 7.11 Å². The van der Waals surface area contributed by atoms with Crippen molar-refractivity contribution in [3.8, 4) is 17.2 Å². The van der Waals surface area contributed by atoms with Crippen molar-refractivity contribution < 1.29 is 18.7 Å². The van der Waals surface area contributed by atoms with Crippen LogP contribution in [0.4, 0.5) is 0 Å². The van der Waals surface area contributed by atoms with Crippen LogP contribution in [0.25, 0.3) is 11.5 Å². The second kappa shape index (κ2) is 7.72. The number of methoxy groups -OCH3 is 1. The van der Waals surface area contributed by atoms with E-state index in [0.29, 0.717) is 11.6 Å². The van der Waals surface area contributed by atoms with Gasteiger partial charge < -0.3 is 13.9 Å². The quantitative estimate of drug-likeness (QED) is 0.469. The van der Waals surface area contributed by atoms with Gasteiger partial charge in [0.2, 0.25) is 5.89 Å². The van der Waals surface area contributed by atoms with Gasteiger partial charge >= 0.3 is 5.97 Å². The number of carbonyl (C=O) groups is 1. The van der Waals surface area contributed by atoms with E-state index in [9.17, 15) is 4.79 Å². The lowest BCUT2D eigenvalue weighted by molar-refractivity contribution is 0.0279. The number of esters is 1. The molecule has 0 saturated heterocycles. The Balaban J connectivity index is 1.71. The van der Waals surface area contributed by atoms with Crippen molar-refractivity contribution in [1.82, 2.24) is 15.2 Å². The maximum atomic E-state index is 12.2. The molecule has 3 rings (SSSR count). The van der Waals surface area contributed by atoms with E-state index < -0.39 is 12.1 Å². The Morgan fingerprint density at radius 1 is 1.19 bits per heavy atom. The van der Waals surface area contributed by atoms with E-state index in [1.165, 1.54) is 12.3 Å². The Bertz CT molecular complexity index is 928. The van der Waals surface area contributed by atoms with E-state index in [1.54, 1.807) is 38.3 Å². The monoisotopic (exact) mass is 393 g/mol. The van der Waals surface area contributed by atoms with Gasteiger partial charge in [0.15, 0.2) is 6.10 Å². The first-order valence-corrected chi connectivity index (χ1v) is 8.23. The summed E-state index contributed by atoms with van der Waals surface area (Å²) < 4.78 is 16.0. The highest BCUT2D eigenvalue weighted by molar-refractivity contribution is 6.41. The molecule has 0 aliphatic rings. The molecule has 2 aromatic heterocycles. The number of rotatable bonds is 5. The van der Waals surface area contributed by atoms with Gasteiger partial charge in [0.05, 0.1) is 17.7 Å². The zero-order valence-electron chi connectivity index (χ0n) is 13.8. The predicted octanol–water partition coefficient (Wildman–Crippen LogP) is 4.37. The third kappa shape index (κ3) is 3.95. The summed E-state index contributed by atoms with van der Waals surface area (Å²) in [5, 5.41) is 8.16. The van der Waals surface area contributed by atoms with Crippen LogP contribution in [0.1, 0.15) is 29.3 Å². The minimum absolute atomic E-state index is 0.109. The smallest absolute Gasteiger partial charge is 0.340 e. The Labute approximate surface area is 158 Å². The molecule has 134 valence electrons. The highest BCUT2D eigenvalue weighted by Gasteiger charge is 2.20. The number of halogens is 2. The molecule has 0 aliphatic carbocycles. The van der Waals surface area contributed by atoms with Gasteiger partial charge in [0.1, 0.15) is 10.9 Å². The normalized spacial score (nSPS) is 11.8. The number of hydrogen-bond acceptors (Lipinski definition) is 7. The van der Waals surface area contributed by atoms with Crippen molar-refractivity contribution in [3.05, 3.63) is 58.2 Å². The molecule has 26 heavy (non-hydrogen) atoms. The first-order chi connectivity index (χ1) is 12.5. The first-order valence-electron chi connectivity index (χ1n) is 7.47. The van der Waals surface area contributed by atoms with Crippen LogP contribution >= 0.6 is 23.2 Å². The fraction of sp³-hybridized carbons (Fsp3) is 0.176. The zero-order valence-corrected chi connectivity index (χ0v) is 15.3. The van der Waals surface area contributed by atoms with E-state index in [0.717, 1.165) is 5.56 Å². The van der Waals surface area contributed by atoms with Crippen molar-refractivity contribution in [2.45, 2.75) is 13.0 Å². The number of benzene rings is 1. The molecule has 0 fully saturated rings. The van der Waals surface area contributed by atoms with Gasteiger partial charge in [-0.05, 0) is 37.3 Å². The largest absolute Gasteiger partial charge is 0.497 e. The van der Waals surface area contributed by atoms with Gasteiger partial charge in [-0.3, -0.25) is 0 Å². The van der Waals surface area contributed by atoms with Crippen molar-refractivity contribution >= 4 is 29.2 Å². The summed E-state index contributed by atoms with van der Waals surface area (Å²) in [4.78, 5) is 16.0. The average Bonchev–Trinajstić information content (AvgIpc) is 3.14. The number of pyridine rings is 1. The van der Waals surface area contributed by atoms with E-state index in [4.69, 9.17) is 37.1 Å². The van der Waals surface area contributed by atoms with Crippen molar-refractivity contribution in [2.24, 2.45) is 0 Å². The molecule has 0 radical (unpaired) electrons. The molecule has 0 spiro atoms. The first kappa shape index (κ1) is 18.2. The zero-order chi connectivity index (χ0) is 18.7. The minimum Gasteiger partial charge on any atom is -0.497 e. The third-order valence-electron chi connectivity index (χ3n) is 3.44. The van der Waals surface area contributed by atoms with Crippen molar-refractivity contribution in [1.29, 1.82) is 0 Å². The molecule has 0 bridgehead atoms. The van der Waals surface area contributed by atoms with Crippen molar-refractivity contribution in [3.63, 3.8) is 0 Å². The molecule has 2 heterocycles. The fourth-order valence-corrected chi connectivity index (χ4v) is 2.33. The second-order valence-corrected chi connectivity index (χ2v) is 5.98. The van der Waals surface area contributed by atoms with Crippen LogP contribution in [-0.2, 0) is 4.74 Å². The van der Waals surface area contributed by atoms with Gasteiger partial charge in [0, 0.05) is 11.8 Å². The SMILES string of the molecule is COc1ccc(-c2nnc([C@@H](C)OC(=O)c3cnc(Cl)c(Cl)c3)o2)cc1. The molecule has 9 heteroatoms. The summed E-state index contributed by atoms with van der Waals surface area (Å²) in [6.45, 7) is 1.62. The van der Waals surface area contributed by atoms with Crippen LogP contribution < -0.4 is 4.74 Å². The molecule has 0 saturated carbocycles. The molecule has 3 aromatic rings. The predicted molar refractivity (Wildman–Crippen MR) is 94.4 cm³/mol. The topological polar surface area (TPSA) is 87.3 Å². The summed E-state index contributed by atoms with van der Waals surface area (Å²) in [5.41, 5.74) is 0.887. The molecule has 0 aliphatic heterocycles. The molecule has 0 N–H and O–H groups in total. The van der Waals surface area contributed by atoms with Crippen LogP contribution in [-0.4, -0.2) is 28.3 Å². The third-order valence-corrected chi connectivity index (χ3v) is 4.13. The average molecular weight is 394 g/mol. The standard InChI is InChI=1S/C17H13Cl2N3O4/c1-9(25-17(23)11-7-13(18)14(19)20-8-11)15-21-22-16(26-15)10-3-5-12(24-2)6-4-10/h3-9H,1-2H3/t9-/m1/s1. The Morgan fingerprint density at radius 3 is 2.58 bits per heavy atom. The number of ether oxygens (including phenoxy) is 2. The van der Waals surface area contributed by atoms with Crippen LogP contribution in [0.5, 0.6) is 5.75 Å². The molecular formula is C17H13Cl2N3O4. The summed E-state index contributed by atoms with van der Waals surface area (Å²) >= 11 is 11.6. The highest BCUT2D eigenvalue weighted by atomic mass is 35.5. The van der Waals surface area contributed by atoms with E-state index in [1.807, 2.05) is 0 Å². The Morgan fingerprint density at radius 2 is 1.92 bits per heavy atom.